The summed E-state index contributed by atoms with van der Waals surface area (Å²) in [4.78, 5) is 16.1. The Morgan fingerprint density at radius 2 is 1.63 bits per heavy atom. The first-order valence-corrected chi connectivity index (χ1v) is 12.0. The molecule has 0 bridgehead atoms. The van der Waals surface area contributed by atoms with Gasteiger partial charge in [-0.15, -0.1) is 0 Å². The van der Waals surface area contributed by atoms with E-state index in [1.807, 2.05) is 25.1 Å². The maximum absolute atomic E-state index is 14.3. The minimum absolute atomic E-state index is 0.188. The number of carboxylic acid groups (broad SMARTS) is 1. The molecule has 0 amide bonds. The molecular formula is C31H24F2N2O3. The van der Waals surface area contributed by atoms with Gasteiger partial charge >= 0.3 is 5.97 Å². The number of pyridine rings is 1. The van der Waals surface area contributed by atoms with Crippen LogP contribution in [-0.4, -0.2) is 20.6 Å². The van der Waals surface area contributed by atoms with E-state index in [0.29, 0.717) is 28.5 Å². The number of ether oxygens (including phenoxy) is 1. The number of aromatic carboxylic acids is 1. The first-order valence-electron chi connectivity index (χ1n) is 12.0. The molecule has 2 heterocycles. The maximum atomic E-state index is 14.3. The molecule has 5 nitrogen and oxygen atoms in total. The summed E-state index contributed by atoms with van der Waals surface area (Å²) in [6.07, 6.45) is 1.65. The average molecular weight is 511 g/mol. The van der Waals surface area contributed by atoms with Gasteiger partial charge in [0.1, 0.15) is 29.8 Å². The molecule has 0 atom stereocenters. The highest BCUT2D eigenvalue weighted by Crippen LogP contribution is 2.32. The number of nitrogens with zero attached hydrogens (tertiary/aromatic N) is 2. The molecule has 5 rings (SSSR count). The molecule has 0 saturated heterocycles. The lowest BCUT2D eigenvalue weighted by molar-refractivity contribution is 0.0696. The number of carbonyl (C=O) groups is 1. The van der Waals surface area contributed by atoms with Crippen LogP contribution in [0.5, 0.6) is 5.75 Å². The van der Waals surface area contributed by atoms with Gasteiger partial charge in [0.05, 0.1) is 11.3 Å². The van der Waals surface area contributed by atoms with Crippen molar-refractivity contribution in [3.05, 3.63) is 125 Å². The van der Waals surface area contributed by atoms with E-state index in [-0.39, 0.29) is 18.0 Å². The van der Waals surface area contributed by atoms with Gasteiger partial charge in [-0.3, -0.25) is 0 Å². The highest BCUT2D eigenvalue weighted by molar-refractivity contribution is 5.89. The van der Waals surface area contributed by atoms with Gasteiger partial charge in [0.25, 0.3) is 0 Å². The number of hydrogen-bond donors (Lipinski definition) is 1. The zero-order valence-electron chi connectivity index (χ0n) is 20.8. The van der Waals surface area contributed by atoms with Crippen LogP contribution in [0.1, 0.15) is 27.2 Å². The number of aromatic nitrogens is 2. The van der Waals surface area contributed by atoms with Crippen molar-refractivity contribution in [3.63, 3.8) is 0 Å². The summed E-state index contributed by atoms with van der Waals surface area (Å²) >= 11 is 0. The van der Waals surface area contributed by atoms with Gasteiger partial charge in [-0.1, -0.05) is 36.4 Å². The number of benzene rings is 3. The maximum Gasteiger partial charge on any atom is 0.337 e. The standard InChI is InChI=1S/C31H24F2N2O3/c1-19-16-22(21-8-10-24(32)11-9-21)6-7-23(19)18-38-29-13-12-25(33)17-27(29)28-4-3-5-30(34-28)35-15-14-26(20(35)2)31(36)37/h3-17H,18H2,1-2H3,(H,36,37). The molecule has 0 unspecified atom stereocenters. The van der Waals surface area contributed by atoms with Crippen molar-refractivity contribution in [2.24, 2.45) is 0 Å². The second kappa shape index (κ2) is 10.3. The van der Waals surface area contributed by atoms with Crippen LogP contribution < -0.4 is 4.74 Å². The van der Waals surface area contributed by atoms with Crippen molar-refractivity contribution in [1.29, 1.82) is 0 Å². The molecule has 5 aromatic rings. The largest absolute Gasteiger partial charge is 0.488 e. The van der Waals surface area contributed by atoms with Crippen molar-refractivity contribution in [1.82, 2.24) is 9.55 Å². The predicted molar refractivity (Wildman–Crippen MR) is 142 cm³/mol. The van der Waals surface area contributed by atoms with E-state index < -0.39 is 11.8 Å². The molecule has 3 aromatic carbocycles. The van der Waals surface area contributed by atoms with Gasteiger partial charge in [0.2, 0.25) is 0 Å². The minimum atomic E-state index is -1.01. The Morgan fingerprint density at radius 3 is 2.34 bits per heavy atom. The van der Waals surface area contributed by atoms with E-state index in [1.165, 1.54) is 30.3 Å². The Balaban J connectivity index is 1.42. The summed E-state index contributed by atoms with van der Waals surface area (Å²) in [6.45, 7) is 3.94. The van der Waals surface area contributed by atoms with Crippen LogP contribution >= 0.6 is 0 Å². The molecule has 0 fully saturated rings. The Hall–Kier alpha value is -4.78. The number of halogens is 2. The van der Waals surface area contributed by atoms with Crippen LogP contribution in [0, 0.1) is 25.5 Å². The van der Waals surface area contributed by atoms with Gasteiger partial charge < -0.3 is 14.4 Å². The first kappa shape index (κ1) is 24.9. The van der Waals surface area contributed by atoms with Crippen LogP contribution in [-0.2, 0) is 6.61 Å². The molecule has 7 heteroatoms. The van der Waals surface area contributed by atoms with E-state index in [4.69, 9.17) is 4.74 Å². The normalized spacial score (nSPS) is 10.9. The minimum Gasteiger partial charge on any atom is -0.488 e. The Kier molecular flexibility index (Phi) is 6.75. The summed E-state index contributed by atoms with van der Waals surface area (Å²) in [7, 11) is 0. The van der Waals surface area contributed by atoms with E-state index in [0.717, 1.165) is 22.3 Å². The van der Waals surface area contributed by atoms with E-state index in [1.54, 1.807) is 54.1 Å². The zero-order valence-corrected chi connectivity index (χ0v) is 20.8. The number of carboxylic acids is 1. The summed E-state index contributed by atoms with van der Waals surface area (Å²) < 4.78 is 35.4. The fourth-order valence-electron chi connectivity index (χ4n) is 4.36. The van der Waals surface area contributed by atoms with Gasteiger partial charge in [0.15, 0.2) is 0 Å². The topological polar surface area (TPSA) is 64.3 Å². The van der Waals surface area contributed by atoms with Crippen LogP contribution in [0.25, 0.3) is 28.2 Å². The lowest BCUT2D eigenvalue weighted by atomic mass is 10.00. The molecule has 0 aliphatic rings. The molecule has 0 radical (unpaired) electrons. The van der Waals surface area contributed by atoms with Crippen molar-refractivity contribution in [3.8, 4) is 34.0 Å². The van der Waals surface area contributed by atoms with Crippen LogP contribution in [0.4, 0.5) is 8.78 Å². The van der Waals surface area contributed by atoms with Crippen LogP contribution in [0.2, 0.25) is 0 Å². The third-order valence-corrected chi connectivity index (χ3v) is 6.47. The number of aryl methyl sites for hydroxylation is 1. The predicted octanol–water partition coefficient (Wildman–Crippen LogP) is 7.38. The molecule has 2 aromatic heterocycles. The van der Waals surface area contributed by atoms with Crippen molar-refractivity contribution >= 4 is 5.97 Å². The lowest BCUT2D eigenvalue weighted by Crippen LogP contribution is -2.04. The highest BCUT2D eigenvalue weighted by atomic mass is 19.1. The van der Waals surface area contributed by atoms with Gasteiger partial charge in [-0.05, 0) is 84.6 Å². The second-order valence-corrected chi connectivity index (χ2v) is 8.95. The molecule has 38 heavy (non-hydrogen) atoms. The third-order valence-electron chi connectivity index (χ3n) is 6.47. The molecule has 1 N–H and O–H groups in total. The average Bonchev–Trinajstić information content (AvgIpc) is 3.30. The molecule has 0 saturated carbocycles. The van der Waals surface area contributed by atoms with Crippen molar-refractivity contribution in [2.75, 3.05) is 0 Å². The quantitative estimate of drug-likeness (QED) is 0.248. The van der Waals surface area contributed by atoms with Gasteiger partial charge in [0, 0.05) is 17.5 Å². The summed E-state index contributed by atoms with van der Waals surface area (Å²) in [5, 5.41) is 9.38. The summed E-state index contributed by atoms with van der Waals surface area (Å²) in [5.74, 6) is -0.744. The van der Waals surface area contributed by atoms with E-state index in [9.17, 15) is 18.7 Å². The molecule has 190 valence electrons. The lowest BCUT2D eigenvalue weighted by Gasteiger charge is -2.15. The molecule has 0 spiro atoms. The Morgan fingerprint density at radius 1 is 0.895 bits per heavy atom. The van der Waals surface area contributed by atoms with Crippen LogP contribution in [0.3, 0.4) is 0 Å². The highest BCUT2D eigenvalue weighted by Gasteiger charge is 2.15. The molecule has 0 aliphatic heterocycles. The van der Waals surface area contributed by atoms with Gasteiger partial charge in [-0.25, -0.2) is 18.6 Å². The Labute approximate surface area is 218 Å². The monoisotopic (exact) mass is 510 g/mol. The number of hydrogen-bond acceptors (Lipinski definition) is 3. The Bertz CT molecular complexity index is 1640. The van der Waals surface area contributed by atoms with Crippen molar-refractivity contribution < 1.29 is 23.4 Å². The van der Waals surface area contributed by atoms with Crippen molar-refractivity contribution in [2.45, 2.75) is 20.5 Å². The molecule has 0 aliphatic carbocycles. The number of rotatable bonds is 7. The second-order valence-electron chi connectivity index (χ2n) is 8.95. The third kappa shape index (κ3) is 5.04. The fraction of sp³-hybridized carbons (Fsp3) is 0.0968. The molecular weight excluding hydrogens is 486 g/mol. The summed E-state index contributed by atoms with van der Waals surface area (Å²) in [5.41, 5.74) is 5.56. The van der Waals surface area contributed by atoms with E-state index in [2.05, 4.69) is 4.98 Å². The van der Waals surface area contributed by atoms with Gasteiger partial charge in [-0.2, -0.15) is 0 Å². The SMILES string of the molecule is Cc1cc(-c2ccc(F)cc2)ccc1COc1ccc(F)cc1-c1cccc(-n2ccc(C(=O)O)c2C)n1. The van der Waals surface area contributed by atoms with E-state index >= 15 is 0 Å². The fourth-order valence-corrected chi connectivity index (χ4v) is 4.36. The van der Waals surface area contributed by atoms with Crippen LogP contribution in [0.15, 0.2) is 91.1 Å². The zero-order chi connectivity index (χ0) is 26.8. The first-order chi connectivity index (χ1) is 18.3. The summed E-state index contributed by atoms with van der Waals surface area (Å²) in [6, 6.07) is 23.4. The smallest absolute Gasteiger partial charge is 0.337 e.